The van der Waals surface area contributed by atoms with Crippen LogP contribution in [0.15, 0.2) is 48.5 Å². The molecule has 0 aliphatic carbocycles. The lowest BCUT2D eigenvalue weighted by Crippen LogP contribution is -2.26. The number of unbranched alkanes of at least 4 members (excludes halogenated alkanes) is 1. The molecule has 2 aromatic rings. The zero-order valence-corrected chi connectivity index (χ0v) is 16.8. The van der Waals surface area contributed by atoms with Gasteiger partial charge in [0.2, 0.25) is 0 Å². The van der Waals surface area contributed by atoms with E-state index in [0.717, 1.165) is 55.1 Å². The van der Waals surface area contributed by atoms with Gasteiger partial charge in [0.1, 0.15) is 5.75 Å². The van der Waals surface area contributed by atoms with Gasteiger partial charge >= 0.3 is 6.18 Å². The van der Waals surface area contributed by atoms with E-state index in [0.29, 0.717) is 13.0 Å². The van der Waals surface area contributed by atoms with Crippen molar-refractivity contribution in [2.24, 2.45) is 0 Å². The maximum Gasteiger partial charge on any atom is 0.416 e. The van der Waals surface area contributed by atoms with Gasteiger partial charge in [0, 0.05) is 6.54 Å². The molecule has 0 atom stereocenters. The van der Waals surface area contributed by atoms with Crippen molar-refractivity contribution in [2.75, 3.05) is 26.2 Å². The van der Waals surface area contributed by atoms with Gasteiger partial charge in [-0.25, -0.2) is 0 Å². The first-order chi connectivity index (χ1) is 13.4. The Hall–Kier alpha value is -2.01. The summed E-state index contributed by atoms with van der Waals surface area (Å²) in [6, 6.07) is 13.1. The van der Waals surface area contributed by atoms with Gasteiger partial charge in [0.05, 0.1) is 12.2 Å². The van der Waals surface area contributed by atoms with Gasteiger partial charge in [-0.3, -0.25) is 0 Å². The minimum Gasteiger partial charge on any atom is -0.494 e. The summed E-state index contributed by atoms with van der Waals surface area (Å²) in [4.78, 5) is 2.44. The molecule has 2 nitrogen and oxygen atoms in total. The molecule has 0 unspecified atom stereocenters. The van der Waals surface area contributed by atoms with Crippen molar-refractivity contribution >= 4 is 0 Å². The Labute approximate surface area is 166 Å². The molecule has 2 aromatic carbocycles. The van der Waals surface area contributed by atoms with Crippen molar-refractivity contribution in [3.8, 4) is 5.75 Å². The van der Waals surface area contributed by atoms with Gasteiger partial charge in [-0.05, 0) is 67.7 Å². The maximum atomic E-state index is 12.6. The highest BCUT2D eigenvalue weighted by atomic mass is 19.4. The summed E-state index contributed by atoms with van der Waals surface area (Å²) < 4.78 is 43.7. The van der Waals surface area contributed by atoms with E-state index >= 15 is 0 Å². The predicted molar refractivity (Wildman–Crippen MR) is 108 cm³/mol. The second-order valence-corrected chi connectivity index (χ2v) is 7.01. The largest absolute Gasteiger partial charge is 0.494 e. The number of halogens is 3. The van der Waals surface area contributed by atoms with Crippen LogP contribution in [0.4, 0.5) is 13.2 Å². The Kier molecular flexibility index (Phi) is 8.84. The van der Waals surface area contributed by atoms with E-state index in [1.165, 1.54) is 25.0 Å². The van der Waals surface area contributed by atoms with E-state index in [9.17, 15) is 13.2 Å². The Morgan fingerprint density at radius 1 is 0.821 bits per heavy atom. The van der Waals surface area contributed by atoms with Gasteiger partial charge in [-0.1, -0.05) is 44.5 Å². The molecule has 0 radical (unpaired) electrons. The molecule has 0 N–H and O–H groups in total. The molecule has 154 valence electrons. The van der Waals surface area contributed by atoms with E-state index < -0.39 is 11.7 Å². The highest BCUT2D eigenvalue weighted by Gasteiger charge is 2.29. The monoisotopic (exact) mass is 393 g/mol. The minimum atomic E-state index is -4.29. The zero-order chi connectivity index (χ0) is 20.4. The van der Waals surface area contributed by atoms with Crippen molar-refractivity contribution in [3.63, 3.8) is 0 Å². The van der Waals surface area contributed by atoms with Crippen molar-refractivity contribution < 1.29 is 17.9 Å². The van der Waals surface area contributed by atoms with Crippen molar-refractivity contribution in [1.29, 1.82) is 0 Å². The van der Waals surface area contributed by atoms with Crippen LogP contribution in [0.1, 0.15) is 49.8 Å². The highest BCUT2D eigenvalue weighted by Crippen LogP contribution is 2.29. The summed E-state index contributed by atoms with van der Waals surface area (Å²) in [5, 5.41) is 0. The molecule has 0 spiro atoms. The van der Waals surface area contributed by atoms with Crippen LogP contribution in [0.3, 0.4) is 0 Å². The fraction of sp³-hybridized carbons (Fsp3) is 0.478. The average Bonchev–Trinajstić information content (AvgIpc) is 2.68. The fourth-order valence-corrected chi connectivity index (χ4v) is 3.04. The predicted octanol–water partition coefficient (Wildman–Crippen LogP) is 6.19. The van der Waals surface area contributed by atoms with Crippen LogP contribution >= 0.6 is 0 Å². The summed E-state index contributed by atoms with van der Waals surface area (Å²) in [7, 11) is 0. The minimum absolute atomic E-state index is 0.599. The topological polar surface area (TPSA) is 12.5 Å². The van der Waals surface area contributed by atoms with Crippen LogP contribution in [-0.4, -0.2) is 31.1 Å². The number of benzene rings is 2. The smallest absolute Gasteiger partial charge is 0.416 e. The molecule has 0 bridgehead atoms. The normalized spacial score (nSPS) is 11.8. The van der Waals surface area contributed by atoms with Crippen LogP contribution in [0.25, 0.3) is 0 Å². The van der Waals surface area contributed by atoms with Gasteiger partial charge in [-0.2, -0.15) is 13.2 Å². The van der Waals surface area contributed by atoms with Gasteiger partial charge in [-0.15, -0.1) is 0 Å². The third-order valence-electron chi connectivity index (χ3n) is 4.78. The molecule has 0 aromatic heterocycles. The van der Waals surface area contributed by atoms with Crippen molar-refractivity contribution in [1.82, 2.24) is 4.90 Å². The molecule has 5 heteroatoms. The molecule has 0 aliphatic rings. The van der Waals surface area contributed by atoms with Crippen LogP contribution in [0, 0.1) is 0 Å². The Balaban J connectivity index is 1.77. The summed E-state index contributed by atoms with van der Waals surface area (Å²) in [5.41, 5.74) is 1.29. The van der Waals surface area contributed by atoms with Gasteiger partial charge < -0.3 is 9.64 Å². The summed E-state index contributed by atoms with van der Waals surface area (Å²) >= 11 is 0. The molecule has 0 saturated heterocycles. The summed E-state index contributed by atoms with van der Waals surface area (Å²) in [6.45, 7) is 8.33. The van der Waals surface area contributed by atoms with E-state index in [4.69, 9.17) is 4.74 Å². The van der Waals surface area contributed by atoms with E-state index in [2.05, 4.69) is 18.7 Å². The lowest BCUT2D eigenvalue weighted by atomic mass is 10.0. The number of hydrogen-bond acceptors (Lipinski definition) is 2. The average molecular weight is 393 g/mol. The standard InChI is InChI=1S/C23H30F3NO/c1-3-5-15-27(4-2)16-6-17-28-22-13-9-20(10-14-22)18-19-7-11-21(12-8-19)23(24,25)26/h7-14H,3-6,15-18H2,1-2H3. The first-order valence-electron chi connectivity index (χ1n) is 10.0. The number of rotatable bonds is 11. The fourth-order valence-electron chi connectivity index (χ4n) is 3.04. The number of hydrogen-bond donors (Lipinski definition) is 0. The maximum absolute atomic E-state index is 12.6. The molecule has 0 heterocycles. The molecule has 0 amide bonds. The Bertz CT molecular complexity index is 680. The van der Waals surface area contributed by atoms with Crippen LogP contribution in [0.2, 0.25) is 0 Å². The van der Waals surface area contributed by atoms with E-state index in [1.807, 2.05) is 24.3 Å². The number of ether oxygens (including phenoxy) is 1. The van der Waals surface area contributed by atoms with Crippen molar-refractivity contribution in [2.45, 2.75) is 45.7 Å². The molecular formula is C23H30F3NO. The van der Waals surface area contributed by atoms with Gasteiger partial charge in [0.25, 0.3) is 0 Å². The first-order valence-corrected chi connectivity index (χ1v) is 10.0. The summed E-state index contributed by atoms with van der Waals surface area (Å²) in [5.74, 6) is 0.827. The third-order valence-corrected chi connectivity index (χ3v) is 4.78. The molecule has 2 rings (SSSR count). The second-order valence-electron chi connectivity index (χ2n) is 7.01. The third kappa shape index (κ3) is 7.55. The summed E-state index contributed by atoms with van der Waals surface area (Å²) in [6.07, 6.45) is -0.255. The van der Waals surface area contributed by atoms with Crippen LogP contribution < -0.4 is 4.74 Å². The quantitative estimate of drug-likeness (QED) is 0.422. The lowest BCUT2D eigenvalue weighted by molar-refractivity contribution is -0.137. The SMILES string of the molecule is CCCCN(CC)CCCOc1ccc(Cc2ccc(C(F)(F)F)cc2)cc1. The Morgan fingerprint density at radius 2 is 1.39 bits per heavy atom. The van der Waals surface area contributed by atoms with Crippen LogP contribution in [0.5, 0.6) is 5.75 Å². The van der Waals surface area contributed by atoms with Crippen molar-refractivity contribution in [3.05, 3.63) is 65.2 Å². The molecule has 0 fully saturated rings. The Morgan fingerprint density at radius 3 is 1.93 bits per heavy atom. The van der Waals surface area contributed by atoms with Gasteiger partial charge in [0.15, 0.2) is 0 Å². The highest BCUT2D eigenvalue weighted by molar-refractivity contribution is 5.33. The van der Waals surface area contributed by atoms with Crippen LogP contribution in [-0.2, 0) is 12.6 Å². The molecule has 0 aliphatic heterocycles. The lowest BCUT2D eigenvalue weighted by Gasteiger charge is -2.19. The number of nitrogens with zero attached hydrogens (tertiary/aromatic N) is 1. The molecular weight excluding hydrogens is 363 g/mol. The molecule has 28 heavy (non-hydrogen) atoms. The zero-order valence-electron chi connectivity index (χ0n) is 16.8. The van der Waals surface area contributed by atoms with E-state index in [1.54, 1.807) is 0 Å². The first kappa shape index (κ1) is 22.3. The number of alkyl halides is 3. The molecule has 0 saturated carbocycles. The second kappa shape index (κ2) is 11.1. The van der Waals surface area contributed by atoms with E-state index in [-0.39, 0.29) is 0 Å².